The van der Waals surface area contributed by atoms with E-state index in [9.17, 15) is 14.7 Å². The lowest BCUT2D eigenvalue weighted by Crippen LogP contribution is -2.57. The van der Waals surface area contributed by atoms with Crippen molar-refractivity contribution in [1.82, 2.24) is 0 Å². The summed E-state index contributed by atoms with van der Waals surface area (Å²) >= 11 is 0. The number of fused-ring (bicyclic) bond motifs is 5. The summed E-state index contributed by atoms with van der Waals surface area (Å²) in [4.78, 5) is 24.1. The van der Waals surface area contributed by atoms with E-state index >= 15 is 0 Å². The highest BCUT2D eigenvalue weighted by Crippen LogP contribution is 2.67. The minimum absolute atomic E-state index is 0.0472. The van der Waals surface area contributed by atoms with Gasteiger partial charge in [0.15, 0.2) is 11.6 Å². The van der Waals surface area contributed by atoms with E-state index in [4.69, 9.17) is 0 Å². The number of hydrogen-bond donors (Lipinski definition) is 1. The van der Waals surface area contributed by atoms with Crippen molar-refractivity contribution in [3.05, 3.63) is 12.2 Å². The van der Waals surface area contributed by atoms with Crippen LogP contribution in [0.5, 0.6) is 0 Å². The fourth-order valence-electron chi connectivity index (χ4n) is 7.23. The minimum atomic E-state index is -1.13. The molecule has 0 aromatic rings. The maximum Gasteiger partial charge on any atom is 0.161 e. The average Bonchev–Trinajstić information content (AvgIpc) is 2.81. The van der Waals surface area contributed by atoms with Gasteiger partial charge < -0.3 is 5.11 Å². The van der Waals surface area contributed by atoms with Crippen LogP contribution in [0.15, 0.2) is 12.2 Å². The Balaban J connectivity index is 1.69. The van der Waals surface area contributed by atoms with E-state index in [2.05, 4.69) is 19.9 Å². The highest BCUT2D eigenvalue weighted by molar-refractivity contribution is 5.91. The monoisotopic (exact) mass is 330 g/mol. The standard InChI is InChI=1S/C21H30O3/c1-13(22)21(24)11-8-18-16-5-4-14-12-15(23)6-9-19(14,2)17(16)7-10-20(18,21)3/h6,9,14,16-18,24H,4-5,7-8,10-12H2,1-3H3/t14-,16+,17-,18-,19-,20-,21-/m0/s1. The Morgan fingerprint density at radius 3 is 2.54 bits per heavy atom. The van der Waals surface area contributed by atoms with E-state index in [-0.39, 0.29) is 22.4 Å². The number of aliphatic hydroxyl groups is 1. The summed E-state index contributed by atoms with van der Waals surface area (Å²) in [5.41, 5.74) is -1.27. The first-order chi connectivity index (χ1) is 11.2. The second-order valence-corrected chi connectivity index (χ2v) is 9.43. The van der Waals surface area contributed by atoms with Gasteiger partial charge in [0.05, 0.1) is 0 Å². The third-order valence-electron chi connectivity index (χ3n) is 8.77. The van der Waals surface area contributed by atoms with Gasteiger partial charge in [-0.3, -0.25) is 9.59 Å². The lowest BCUT2D eigenvalue weighted by molar-refractivity contribution is -0.163. The van der Waals surface area contributed by atoms with E-state index in [1.807, 2.05) is 6.08 Å². The fourth-order valence-corrected chi connectivity index (χ4v) is 7.23. The molecule has 0 spiro atoms. The van der Waals surface area contributed by atoms with Gasteiger partial charge >= 0.3 is 0 Å². The van der Waals surface area contributed by atoms with Gasteiger partial charge in [-0.05, 0) is 80.6 Å². The van der Waals surface area contributed by atoms with Gasteiger partial charge in [0.1, 0.15) is 5.60 Å². The Labute approximate surface area is 144 Å². The van der Waals surface area contributed by atoms with E-state index < -0.39 is 5.60 Å². The lowest BCUT2D eigenvalue weighted by atomic mass is 9.45. The first-order valence-electron chi connectivity index (χ1n) is 9.68. The van der Waals surface area contributed by atoms with Gasteiger partial charge in [0.2, 0.25) is 0 Å². The fraction of sp³-hybridized carbons (Fsp3) is 0.810. The summed E-state index contributed by atoms with van der Waals surface area (Å²) in [6, 6.07) is 0. The van der Waals surface area contributed by atoms with Gasteiger partial charge in [-0.2, -0.15) is 0 Å². The van der Waals surface area contributed by atoms with Crippen LogP contribution in [0.4, 0.5) is 0 Å². The summed E-state index contributed by atoms with van der Waals surface area (Å²) < 4.78 is 0. The van der Waals surface area contributed by atoms with Gasteiger partial charge in [0, 0.05) is 11.8 Å². The van der Waals surface area contributed by atoms with Crippen LogP contribution in [-0.4, -0.2) is 22.3 Å². The molecule has 4 rings (SSSR count). The van der Waals surface area contributed by atoms with E-state index in [0.717, 1.165) is 32.1 Å². The molecule has 0 aromatic carbocycles. The molecule has 3 fully saturated rings. The molecule has 0 amide bonds. The molecule has 0 saturated heterocycles. The molecule has 0 unspecified atom stereocenters. The molecule has 0 bridgehead atoms. The van der Waals surface area contributed by atoms with Crippen LogP contribution in [0.25, 0.3) is 0 Å². The number of allylic oxidation sites excluding steroid dienone is 2. The maximum absolute atomic E-state index is 12.2. The Morgan fingerprint density at radius 1 is 1.12 bits per heavy atom. The summed E-state index contributed by atoms with van der Waals surface area (Å²) in [6.45, 7) is 6.08. The third kappa shape index (κ3) is 1.88. The smallest absolute Gasteiger partial charge is 0.161 e. The highest BCUT2D eigenvalue weighted by Gasteiger charge is 2.65. The highest BCUT2D eigenvalue weighted by atomic mass is 16.3. The zero-order valence-corrected chi connectivity index (χ0v) is 15.2. The Morgan fingerprint density at radius 2 is 1.83 bits per heavy atom. The molecule has 0 radical (unpaired) electrons. The third-order valence-corrected chi connectivity index (χ3v) is 8.77. The zero-order chi connectivity index (χ0) is 17.3. The van der Waals surface area contributed by atoms with Crippen LogP contribution in [0, 0.1) is 34.5 Å². The average molecular weight is 330 g/mol. The predicted molar refractivity (Wildman–Crippen MR) is 92.3 cm³/mol. The second kappa shape index (κ2) is 5.03. The maximum atomic E-state index is 12.2. The molecule has 0 aromatic heterocycles. The molecule has 3 saturated carbocycles. The van der Waals surface area contributed by atoms with Crippen molar-refractivity contribution in [1.29, 1.82) is 0 Å². The van der Waals surface area contributed by atoms with Crippen LogP contribution < -0.4 is 0 Å². The first kappa shape index (κ1) is 16.5. The van der Waals surface area contributed by atoms with E-state index in [1.54, 1.807) is 6.92 Å². The number of ketones is 2. The van der Waals surface area contributed by atoms with Gasteiger partial charge in [-0.1, -0.05) is 19.9 Å². The van der Waals surface area contributed by atoms with Crippen LogP contribution in [-0.2, 0) is 9.59 Å². The van der Waals surface area contributed by atoms with Gasteiger partial charge in [-0.25, -0.2) is 0 Å². The lowest BCUT2D eigenvalue weighted by Gasteiger charge is -2.59. The van der Waals surface area contributed by atoms with Crippen molar-refractivity contribution in [3.63, 3.8) is 0 Å². The molecule has 3 nitrogen and oxygen atoms in total. The molecule has 3 heteroatoms. The normalized spacial score (nSPS) is 53.2. The first-order valence-corrected chi connectivity index (χ1v) is 9.68. The van der Waals surface area contributed by atoms with Crippen LogP contribution in [0.2, 0.25) is 0 Å². The van der Waals surface area contributed by atoms with Crippen LogP contribution >= 0.6 is 0 Å². The Kier molecular flexibility index (Phi) is 3.46. The number of rotatable bonds is 1. The molecule has 1 N–H and O–H groups in total. The Hall–Kier alpha value is -0.960. The van der Waals surface area contributed by atoms with E-state index in [0.29, 0.717) is 36.5 Å². The van der Waals surface area contributed by atoms with Crippen molar-refractivity contribution in [2.24, 2.45) is 34.5 Å². The molecule has 24 heavy (non-hydrogen) atoms. The topological polar surface area (TPSA) is 54.4 Å². The summed E-state index contributed by atoms with van der Waals surface area (Å²) in [5, 5.41) is 11.1. The van der Waals surface area contributed by atoms with Gasteiger partial charge in [-0.15, -0.1) is 0 Å². The molecular weight excluding hydrogens is 300 g/mol. The molecular formula is C21H30O3. The van der Waals surface area contributed by atoms with Crippen molar-refractivity contribution in [3.8, 4) is 0 Å². The van der Waals surface area contributed by atoms with Crippen molar-refractivity contribution >= 4 is 11.6 Å². The zero-order valence-electron chi connectivity index (χ0n) is 15.2. The van der Waals surface area contributed by atoms with Crippen molar-refractivity contribution in [2.45, 2.75) is 71.3 Å². The van der Waals surface area contributed by atoms with Crippen LogP contribution in [0.1, 0.15) is 65.7 Å². The SMILES string of the molecule is CC(=O)[C@@]1(O)CC[C@H]2[C@@H]3CC[C@H]4CC(=O)C=C[C@]4(C)[C@H]3CC[C@@]21C. The number of carbonyl (C=O) groups is 2. The second-order valence-electron chi connectivity index (χ2n) is 9.43. The largest absolute Gasteiger partial charge is 0.382 e. The molecule has 7 atom stereocenters. The molecule has 0 aliphatic heterocycles. The number of Topliss-reactive ketones (excluding diaryl/α,β-unsaturated/α-hetero) is 1. The molecule has 132 valence electrons. The minimum Gasteiger partial charge on any atom is -0.382 e. The van der Waals surface area contributed by atoms with Gasteiger partial charge in [0.25, 0.3) is 0 Å². The van der Waals surface area contributed by atoms with Crippen LogP contribution in [0.3, 0.4) is 0 Å². The number of carbonyl (C=O) groups excluding carboxylic acids is 2. The number of hydrogen-bond acceptors (Lipinski definition) is 3. The summed E-state index contributed by atoms with van der Waals surface area (Å²) in [5.74, 6) is 2.32. The van der Waals surface area contributed by atoms with E-state index in [1.165, 1.54) is 0 Å². The molecule has 4 aliphatic rings. The Bertz CT molecular complexity index is 623. The van der Waals surface area contributed by atoms with Crippen molar-refractivity contribution < 1.29 is 14.7 Å². The molecule has 4 aliphatic carbocycles. The quantitative estimate of drug-likeness (QED) is 0.797. The molecule has 0 heterocycles. The summed E-state index contributed by atoms with van der Waals surface area (Å²) in [7, 11) is 0. The predicted octanol–water partition coefficient (Wildman–Crippen LogP) is 3.69. The van der Waals surface area contributed by atoms with Crippen molar-refractivity contribution in [2.75, 3.05) is 0 Å². The summed E-state index contributed by atoms with van der Waals surface area (Å²) in [6.07, 6.45) is 10.6.